The highest BCUT2D eigenvalue weighted by Gasteiger charge is 2.33. The quantitative estimate of drug-likeness (QED) is 0.169. The average molecular weight is 931 g/mol. The Morgan fingerprint density at radius 1 is 0.260 bits per heavy atom. The molecular weight excluding hydrogens is 889 g/mol. The summed E-state index contributed by atoms with van der Waals surface area (Å²) in [6.45, 7) is 0. The van der Waals surface area contributed by atoms with Gasteiger partial charge in [0.15, 0.2) is 0 Å². The highest BCUT2D eigenvalue weighted by Crippen LogP contribution is 2.50. The van der Waals surface area contributed by atoms with Gasteiger partial charge in [-0.25, -0.2) is 0 Å². The first kappa shape index (κ1) is 40.8. The van der Waals surface area contributed by atoms with Gasteiger partial charge in [-0.05, 0) is 70.8 Å². The standard InChI is InChI=1S/C67H42N6/c68-41-54-64(70-55-27-11-4-20-46(55)47-21-5-12-28-56(47)70)63(69)66(73-61-33-17-10-26-52(61)53-39-38-45(40-62(53)73)44-36-34-43(35-37-44)42-18-2-1-3-19-42)67(72-59-31-15-8-24-50(59)51-25-9-16-32-60(51)72)65(54)71-57-29-13-6-22-48(57)49-23-7-14-30-58(49)71/h1-40H,69H2. The fraction of sp³-hybridized carbons (Fsp3) is 0. The van der Waals surface area contributed by atoms with Crippen molar-refractivity contribution in [2.75, 3.05) is 5.73 Å². The summed E-state index contributed by atoms with van der Waals surface area (Å²) in [5.74, 6) is 0. The second kappa shape index (κ2) is 15.7. The number of hydrogen-bond donors (Lipinski definition) is 1. The number of nitrogens with zero attached hydrogens (tertiary/aromatic N) is 5. The smallest absolute Gasteiger partial charge is 0.105 e. The van der Waals surface area contributed by atoms with E-state index in [-0.39, 0.29) is 0 Å². The van der Waals surface area contributed by atoms with Gasteiger partial charge in [-0.3, -0.25) is 0 Å². The minimum absolute atomic E-state index is 0.455. The van der Waals surface area contributed by atoms with Crippen LogP contribution >= 0.6 is 0 Å². The topological polar surface area (TPSA) is 69.5 Å². The second-order valence-electron chi connectivity index (χ2n) is 18.9. The molecule has 0 bridgehead atoms. The number of benzene rings is 11. The normalized spacial score (nSPS) is 11.9. The van der Waals surface area contributed by atoms with Crippen molar-refractivity contribution in [3.63, 3.8) is 0 Å². The molecule has 15 aromatic rings. The minimum atomic E-state index is 0.455. The van der Waals surface area contributed by atoms with Gasteiger partial charge in [-0.1, -0.05) is 194 Å². The summed E-state index contributed by atoms with van der Waals surface area (Å²) < 4.78 is 9.33. The number of anilines is 1. The van der Waals surface area contributed by atoms with Crippen molar-refractivity contribution in [1.29, 1.82) is 5.26 Å². The van der Waals surface area contributed by atoms with Crippen LogP contribution in [0.25, 0.3) is 132 Å². The fourth-order valence-electron chi connectivity index (χ4n) is 12.1. The summed E-state index contributed by atoms with van der Waals surface area (Å²) >= 11 is 0. The first-order valence-electron chi connectivity index (χ1n) is 24.7. The molecule has 2 N–H and O–H groups in total. The summed E-state index contributed by atoms with van der Waals surface area (Å²) in [4.78, 5) is 0. The third-order valence-corrected chi connectivity index (χ3v) is 15.2. The molecule has 6 heteroatoms. The number of nitrogens with two attached hydrogens (primary N) is 1. The van der Waals surface area contributed by atoms with E-state index in [0.29, 0.717) is 16.9 Å². The number of fused-ring (bicyclic) bond motifs is 12. The Morgan fingerprint density at radius 2 is 0.548 bits per heavy atom. The molecule has 0 saturated carbocycles. The molecule has 0 spiro atoms. The lowest BCUT2D eigenvalue weighted by atomic mass is 9.99. The Morgan fingerprint density at radius 3 is 0.945 bits per heavy atom. The molecule has 0 radical (unpaired) electrons. The van der Waals surface area contributed by atoms with Gasteiger partial charge in [0.1, 0.15) is 11.6 Å². The van der Waals surface area contributed by atoms with Gasteiger partial charge in [0.25, 0.3) is 0 Å². The van der Waals surface area contributed by atoms with Gasteiger partial charge >= 0.3 is 0 Å². The lowest BCUT2D eigenvalue weighted by molar-refractivity contribution is 1.03. The van der Waals surface area contributed by atoms with Crippen LogP contribution in [0.1, 0.15) is 5.56 Å². The number of hydrogen-bond acceptors (Lipinski definition) is 2. The molecule has 0 aliphatic rings. The molecule has 0 atom stereocenters. The molecule has 15 rings (SSSR count). The van der Waals surface area contributed by atoms with E-state index in [0.717, 1.165) is 121 Å². The maximum Gasteiger partial charge on any atom is 0.105 e. The summed E-state index contributed by atoms with van der Waals surface area (Å²) in [6, 6.07) is 89.0. The molecule has 0 unspecified atom stereocenters. The van der Waals surface area contributed by atoms with E-state index in [4.69, 9.17) is 5.73 Å². The number of aromatic nitrogens is 4. The Labute approximate surface area is 419 Å². The molecule has 340 valence electrons. The fourth-order valence-corrected chi connectivity index (χ4v) is 12.1. The summed E-state index contributed by atoms with van der Waals surface area (Å²) in [7, 11) is 0. The Bertz CT molecular complexity index is 4650. The number of nitriles is 1. The molecule has 0 saturated heterocycles. The molecule has 0 aliphatic carbocycles. The third kappa shape index (κ3) is 5.79. The van der Waals surface area contributed by atoms with Crippen LogP contribution in [0, 0.1) is 11.3 Å². The van der Waals surface area contributed by atoms with E-state index in [9.17, 15) is 5.26 Å². The average Bonchev–Trinajstić information content (AvgIpc) is 4.18. The van der Waals surface area contributed by atoms with Crippen LogP contribution in [-0.2, 0) is 0 Å². The second-order valence-corrected chi connectivity index (χ2v) is 18.9. The molecule has 0 amide bonds. The van der Waals surface area contributed by atoms with Crippen molar-refractivity contribution >= 4 is 92.9 Å². The first-order chi connectivity index (χ1) is 36.2. The van der Waals surface area contributed by atoms with E-state index in [1.54, 1.807) is 0 Å². The maximum absolute atomic E-state index is 12.3. The minimum Gasteiger partial charge on any atom is -0.395 e. The van der Waals surface area contributed by atoms with Crippen molar-refractivity contribution in [3.05, 3.63) is 248 Å². The number of para-hydroxylation sites is 7. The first-order valence-corrected chi connectivity index (χ1v) is 24.7. The highest BCUT2D eigenvalue weighted by atomic mass is 15.1. The highest BCUT2D eigenvalue weighted by molar-refractivity contribution is 6.17. The lowest BCUT2D eigenvalue weighted by Crippen LogP contribution is -2.17. The summed E-state index contributed by atoms with van der Waals surface area (Å²) in [6.07, 6.45) is 0. The maximum atomic E-state index is 12.3. The molecule has 0 fully saturated rings. The molecule has 4 aromatic heterocycles. The predicted molar refractivity (Wildman–Crippen MR) is 304 cm³/mol. The van der Waals surface area contributed by atoms with Gasteiger partial charge in [0.2, 0.25) is 0 Å². The summed E-state index contributed by atoms with van der Waals surface area (Å²) in [5.41, 5.74) is 24.5. The zero-order valence-electron chi connectivity index (χ0n) is 39.4. The van der Waals surface area contributed by atoms with Crippen molar-refractivity contribution in [3.8, 4) is 51.1 Å². The Hall–Kier alpha value is -10.1. The lowest BCUT2D eigenvalue weighted by Gasteiger charge is -2.27. The molecular formula is C67H42N6. The van der Waals surface area contributed by atoms with Crippen molar-refractivity contribution in [2.24, 2.45) is 0 Å². The zero-order chi connectivity index (χ0) is 48.3. The van der Waals surface area contributed by atoms with Gasteiger partial charge < -0.3 is 24.0 Å². The van der Waals surface area contributed by atoms with E-state index in [1.165, 1.54) is 5.56 Å². The van der Waals surface area contributed by atoms with E-state index >= 15 is 0 Å². The Kier molecular flexibility index (Phi) is 8.77. The number of nitrogen functional groups attached to an aromatic ring is 1. The zero-order valence-corrected chi connectivity index (χ0v) is 39.4. The van der Waals surface area contributed by atoms with Crippen LogP contribution in [0.5, 0.6) is 0 Å². The monoisotopic (exact) mass is 930 g/mol. The van der Waals surface area contributed by atoms with Crippen LogP contribution in [0.15, 0.2) is 243 Å². The molecule has 11 aromatic carbocycles. The molecule has 4 heterocycles. The van der Waals surface area contributed by atoms with Crippen LogP contribution in [-0.4, -0.2) is 18.3 Å². The van der Waals surface area contributed by atoms with Crippen molar-refractivity contribution in [2.45, 2.75) is 0 Å². The summed E-state index contributed by atoms with van der Waals surface area (Å²) in [5, 5.41) is 21.1. The van der Waals surface area contributed by atoms with Crippen LogP contribution < -0.4 is 5.73 Å². The van der Waals surface area contributed by atoms with Crippen LogP contribution in [0.2, 0.25) is 0 Å². The van der Waals surface area contributed by atoms with Gasteiger partial charge in [-0.15, -0.1) is 0 Å². The van der Waals surface area contributed by atoms with Gasteiger partial charge in [0.05, 0.1) is 72.6 Å². The largest absolute Gasteiger partial charge is 0.395 e. The van der Waals surface area contributed by atoms with E-state index < -0.39 is 0 Å². The molecule has 0 aliphatic heterocycles. The number of rotatable bonds is 6. The Balaban J connectivity index is 1.19. The SMILES string of the molecule is N#Cc1c(-n2c3ccccc3c3ccccc32)c(N)c(-n2c3ccccc3c3ccc(-c4ccc(-c5ccccc5)cc4)cc32)c(-n2c3ccccc3c3ccccc32)c1-n1c2ccccc2c2ccccc21. The third-order valence-electron chi connectivity index (χ3n) is 15.2. The molecule has 73 heavy (non-hydrogen) atoms. The van der Waals surface area contributed by atoms with Crippen molar-refractivity contribution < 1.29 is 0 Å². The van der Waals surface area contributed by atoms with Crippen molar-refractivity contribution in [1.82, 2.24) is 18.3 Å². The van der Waals surface area contributed by atoms with Gasteiger partial charge in [-0.2, -0.15) is 5.26 Å². The van der Waals surface area contributed by atoms with E-state index in [1.807, 2.05) is 0 Å². The van der Waals surface area contributed by atoms with Crippen LogP contribution in [0.4, 0.5) is 5.69 Å². The van der Waals surface area contributed by atoms with Crippen LogP contribution in [0.3, 0.4) is 0 Å². The van der Waals surface area contributed by atoms with Gasteiger partial charge in [0, 0.05) is 43.1 Å². The predicted octanol–water partition coefficient (Wildman–Crippen LogP) is 16.9. The molecule has 6 nitrogen and oxygen atoms in total. The van der Waals surface area contributed by atoms with E-state index in [2.05, 4.69) is 267 Å².